The van der Waals surface area contributed by atoms with Gasteiger partial charge < -0.3 is 4.74 Å². The van der Waals surface area contributed by atoms with Gasteiger partial charge >= 0.3 is 5.97 Å². The van der Waals surface area contributed by atoms with Crippen molar-refractivity contribution in [2.24, 2.45) is 0 Å². The molecular formula is C25H22N2O2. The van der Waals surface area contributed by atoms with Gasteiger partial charge in [0.1, 0.15) is 5.69 Å². The topological polar surface area (TPSA) is 44.1 Å². The Morgan fingerprint density at radius 3 is 1.97 bits per heavy atom. The highest BCUT2D eigenvalue weighted by atomic mass is 16.5. The van der Waals surface area contributed by atoms with E-state index in [1.165, 1.54) is 0 Å². The third-order valence-corrected chi connectivity index (χ3v) is 4.71. The van der Waals surface area contributed by atoms with E-state index in [0.717, 1.165) is 27.9 Å². The third-order valence-electron chi connectivity index (χ3n) is 4.71. The highest BCUT2D eigenvalue weighted by molar-refractivity contribution is 6.00. The molecule has 1 heterocycles. The maximum atomic E-state index is 13.0. The van der Waals surface area contributed by atoms with Crippen LogP contribution in [0.1, 0.15) is 23.0 Å². The molecule has 4 nitrogen and oxygen atoms in total. The Hall–Kier alpha value is -3.66. The average molecular weight is 382 g/mol. The fourth-order valence-electron chi connectivity index (χ4n) is 3.42. The van der Waals surface area contributed by atoms with Crippen LogP contribution in [0.3, 0.4) is 0 Å². The molecule has 4 heteroatoms. The summed E-state index contributed by atoms with van der Waals surface area (Å²) >= 11 is 0. The summed E-state index contributed by atoms with van der Waals surface area (Å²) in [7, 11) is 0. The van der Waals surface area contributed by atoms with Crippen molar-refractivity contribution in [3.8, 4) is 22.4 Å². The Kier molecular flexibility index (Phi) is 5.52. The van der Waals surface area contributed by atoms with Crippen molar-refractivity contribution in [3.63, 3.8) is 0 Å². The molecule has 3 aromatic carbocycles. The molecule has 0 fully saturated rings. The molecular weight excluding hydrogens is 360 g/mol. The van der Waals surface area contributed by atoms with E-state index in [9.17, 15) is 4.79 Å². The molecule has 0 amide bonds. The van der Waals surface area contributed by atoms with Crippen molar-refractivity contribution in [1.29, 1.82) is 0 Å². The van der Waals surface area contributed by atoms with Gasteiger partial charge in [-0.1, -0.05) is 91.0 Å². The van der Waals surface area contributed by atoms with E-state index in [1.54, 1.807) is 4.68 Å². The van der Waals surface area contributed by atoms with Crippen molar-refractivity contribution >= 4 is 5.97 Å². The zero-order valence-corrected chi connectivity index (χ0v) is 16.3. The van der Waals surface area contributed by atoms with Crippen LogP contribution in [-0.2, 0) is 11.3 Å². The number of hydrogen-bond donors (Lipinski definition) is 0. The lowest BCUT2D eigenvalue weighted by atomic mass is 9.99. The molecule has 144 valence electrons. The largest absolute Gasteiger partial charge is 0.461 e. The summed E-state index contributed by atoms with van der Waals surface area (Å²) in [6.07, 6.45) is 0. The van der Waals surface area contributed by atoms with E-state index >= 15 is 0 Å². The molecule has 1 aromatic heterocycles. The number of nitrogens with zero attached hydrogens (tertiary/aromatic N) is 2. The van der Waals surface area contributed by atoms with E-state index < -0.39 is 0 Å². The summed E-state index contributed by atoms with van der Waals surface area (Å²) in [4.78, 5) is 13.0. The average Bonchev–Trinajstić information content (AvgIpc) is 3.15. The van der Waals surface area contributed by atoms with E-state index in [-0.39, 0.29) is 5.97 Å². The Morgan fingerprint density at radius 1 is 0.828 bits per heavy atom. The van der Waals surface area contributed by atoms with Gasteiger partial charge in [-0.3, -0.25) is 4.68 Å². The van der Waals surface area contributed by atoms with E-state index in [1.807, 2.05) is 97.9 Å². The molecule has 0 aliphatic carbocycles. The predicted octanol–water partition coefficient (Wildman–Crippen LogP) is 5.44. The first kappa shape index (κ1) is 18.7. The zero-order valence-electron chi connectivity index (χ0n) is 16.3. The number of esters is 1. The van der Waals surface area contributed by atoms with Gasteiger partial charge in [-0.2, -0.15) is 5.10 Å². The summed E-state index contributed by atoms with van der Waals surface area (Å²) in [6.45, 7) is 2.61. The van der Waals surface area contributed by atoms with Crippen molar-refractivity contribution in [2.45, 2.75) is 13.5 Å². The molecule has 0 radical (unpaired) electrons. The lowest BCUT2D eigenvalue weighted by Gasteiger charge is -2.09. The fraction of sp³-hybridized carbons (Fsp3) is 0.120. The molecule has 0 spiro atoms. The number of aromatic nitrogens is 2. The van der Waals surface area contributed by atoms with Gasteiger partial charge in [0.25, 0.3) is 0 Å². The van der Waals surface area contributed by atoms with E-state index in [0.29, 0.717) is 18.8 Å². The van der Waals surface area contributed by atoms with Gasteiger partial charge in [0, 0.05) is 11.1 Å². The van der Waals surface area contributed by atoms with Crippen molar-refractivity contribution in [3.05, 3.63) is 102 Å². The first-order valence-electron chi connectivity index (χ1n) is 9.70. The smallest absolute Gasteiger partial charge is 0.357 e. The molecule has 4 rings (SSSR count). The number of hydrogen-bond acceptors (Lipinski definition) is 3. The minimum absolute atomic E-state index is 0.310. The molecule has 0 unspecified atom stereocenters. The predicted molar refractivity (Wildman–Crippen MR) is 115 cm³/mol. The third kappa shape index (κ3) is 3.97. The summed E-state index contributed by atoms with van der Waals surface area (Å²) in [6, 6.07) is 29.8. The summed E-state index contributed by atoms with van der Waals surface area (Å²) in [5.74, 6) is -0.364. The van der Waals surface area contributed by atoms with Crippen molar-refractivity contribution in [1.82, 2.24) is 9.78 Å². The summed E-state index contributed by atoms with van der Waals surface area (Å²) in [5, 5.41) is 4.87. The zero-order chi connectivity index (χ0) is 20.1. The Bertz CT molecular complexity index is 1090. The summed E-state index contributed by atoms with van der Waals surface area (Å²) < 4.78 is 7.18. The van der Waals surface area contributed by atoms with Crippen LogP contribution in [0.4, 0.5) is 0 Å². The van der Waals surface area contributed by atoms with E-state index in [2.05, 4.69) is 0 Å². The van der Waals surface area contributed by atoms with Crippen LogP contribution in [0, 0.1) is 0 Å². The Morgan fingerprint density at radius 2 is 1.38 bits per heavy atom. The monoisotopic (exact) mass is 382 g/mol. The Balaban J connectivity index is 1.95. The van der Waals surface area contributed by atoms with Gasteiger partial charge in [-0.25, -0.2) is 4.79 Å². The molecule has 29 heavy (non-hydrogen) atoms. The molecule has 0 atom stereocenters. The van der Waals surface area contributed by atoms with Crippen molar-refractivity contribution in [2.75, 3.05) is 6.61 Å². The van der Waals surface area contributed by atoms with Gasteiger partial charge in [-0.05, 0) is 18.1 Å². The SMILES string of the molecule is CCOC(=O)c1c(-c2ccccc2)c(-c2ccccc2)nn1Cc1ccccc1. The second-order valence-corrected chi connectivity index (χ2v) is 6.67. The standard InChI is InChI=1S/C25H22N2O2/c1-2-29-25(28)24-22(20-14-8-4-9-15-20)23(21-16-10-5-11-17-21)26-27(24)18-19-12-6-3-7-13-19/h3-17H,2,18H2,1H3. The van der Waals surface area contributed by atoms with Gasteiger partial charge in [0.15, 0.2) is 5.69 Å². The van der Waals surface area contributed by atoms with Crippen LogP contribution in [-0.4, -0.2) is 22.4 Å². The second-order valence-electron chi connectivity index (χ2n) is 6.67. The number of carbonyl (C=O) groups excluding carboxylic acids is 1. The minimum atomic E-state index is -0.364. The number of carbonyl (C=O) groups is 1. The van der Waals surface area contributed by atoms with Gasteiger partial charge in [0.05, 0.1) is 13.2 Å². The highest BCUT2D eigenvalue weighted by Crippen LogP contribution is 2.35. The molecule has 4 aromatic rings. The van der Waals surface area contributed by atoms with E-state index in [4.69, 9.17) is 9.84 Å². The lowest BCUT2D eigenvalue weighted by Crippen LogP contribution is -2.15. The minimum Gasteiger partial charge on any atom is -0.461 e. The first-order valence-corrected chi connectivity index (χ1v) is 9.70. The van der Waals surface area contributed by atoms with Crippen LogP contribution in [0.2, 0.25) is 0 Å². The quantitative estimate of drug-likeness (QED) is 0.417. The van der Waals surface area contributed by atoms with Crippen molar-refractivity contribution < 1.29 is 9.53 Å². The maximum absolute atomic E-state index is 13.0. The van der Waals surface area contributed by atoms with Crippen LogP contribution in [0.5, 0.6) is 0 Å². The molecule has 0 saturated carbocycles. The number of rotatable bonds is 6. The van der Waals surface area contributed by atoms with Crippen LogP contribution in [0.25, 0.3) is 22.4 Å². The molecule has 0 aliphatic rings. The highest BCUT2D eigenvalue weighted by Gasteiger charge is 2.26. The fourth-order valence-corrected chi connectivity index (χ4v) is 3.42. The second kappa shape index (κ2) is 8.57. The molecule has 0 saturated heterocycles. The van der Waals surface area contributed by atoms with Gasteiger partial charge in [-0.15, -0.1) is 0 Å². The number of ether oxygens (including phenoxy) is 1. The molecule has 0 N–H and O–H groups in total. The Labute approximate surface area is 170 Å². The van der Waals surface area contributed by atoms with Crippen LogP contribution >= 0.6 is 0 Å². The molecule has 0 bridgehead atoms. The lowest BCUT2D eigenvalue weighted by molar-refractivity contribution is 0.0513. The van der Waals surface area contributed by atoms with Gasteiger partial charge in [0.2, 0.25) is 0 Å². The van der Waals surface area contributed by atoms with Crippen LogP contribution < -0.4 is 0 Å². The summed E-state index contributed by atoms with van der Waals surface area (Å²) in [5.41, 5.74) is 5.01. The molecule has 0 aliphatic heterocycles. The normalized spacial score (nSPS) is 10.7. The van der Waals surface area contributed by atoms with Crippen LogP contribution in [0.15, 0.2) is 91.0 Å². The maximum Gasteiger partial charge on any atom is 0.357 e. The number of benzene rings is 3. The first-order chi connectivity index (χ1) is 14.3.